The van der Waals surface area contributed by atoms with Crippen LogP contribution < -0.4 is 11.1 Å². The molecule has 23 heavy (non-hydrogen) atoms. The maximum absolute atomic E-state index is 10.3. The lowest BCUT2D eigenvalue weighted by molar-refractivity contribution is 0.131. The Morgan fingerprint density at radius 3 is 2.09 bits per heavy atom. The van der Waals surface area contributed by atoms with Gasteiger partial charge in [0.05, 0.1) is 6.10 Å². The molecule has 4 heteroatoms. The number of aliphatic hydroxyl groups is 1. The fourth-order valence-electron chi connectivity index (χ4n) is 2.49. The van der Waals surface area contributed by atoms with Gasteiger partial charge in [-0.05, 0) is 31.4 Å². The highest BCUT2D eigenvalue weighted by molar-refractivity contribution is 5.85. The lowest BCUT2D eigenvalue weighted by Crippen LogP contribution is -2.48. The van der Waals surface area contributed by atoms with E-state index in [1.807, 2.05) is 48.5 Å². The van der Waals surface area contributed by atoms with E-state index in [4.69, 9.17) is 5.73 Å². The summed E-state index contributed by atoms with van der Waals surface area (Å²) >= 11 is 0. The van der Waals surface area contributed by atoms with Crippen molar-refractivity contribution in [3.63, 3.8) is 0 Å². The largest absolute Gasteiger partial charge is 0.390 e. The molecule has 2 aromatic rings. The Morgan fingerprint density at radius 2 is 1.52 bits per heavy atom. The first-order chi connectivity index (χ1) is 10.5. The van der Waals surface area contributed by atoms with Crippen molar-refractivity contribution in [1.82, 2.24) is 5.32 Å². The zero-order chi connectivity index (χ0) is 16.0. The van der Waals surface area contributed by atoms with Gasteiger partial charge in [-0.1, -0.05) is 60.7 Å². The molecule has 0 amide bonds. The van der Waals surface area contributed by atoms with E-state index in [-0.39, 0.29) is 24.0 Å². The molecular formula is C19H27ClN2O. The summed E-state index contributed by atoms with van der Waals surface area (Å²) in [6, 6.07) is 20.0. The number of nitrogens with two attached hydrogens (primary N) is 1. The highest BCUT2D eigenvalue weighted by atomic mass is 35.5. The van der Waals surface area contributed by atoms with E-state index in [1.54, 1.807) is 0 Å². The minimum Gasteiger partial charge on any atom is -0.390 e. The maximum atomic E-state index is 10.3. The third kappa shape index (κ3) is 5.96. The summed E-state index contributed by atoms with van der Waals surface area (Å²) in [5.41, 5.74) is 8.27. The van der Waals surface area contributed by atoms with Crippen LogP contribution in [0.3, 0.4) is 0 Å². The van der Waals surface area contributed by atoms with Crippen molar-refractivity contribution < 1.29 is 5.11 Å². The molecule has 4 N–H and O–H groups in total. The van der Waals surface area contributed by atoms with E-state index < -0.39 is 6.10 Å². The normalized spacial score (nSPS) is 13.9. The van der Waals surface area contributed by atoms with Crippen molar-refractivity contribution in [2.24, 2.45) is 5.73 Å². The van der Waals surface area contributed by atoms with Crippen LogP contribution in [0.5, 0.6) is 0 Å². The molecule has 126 valence electrons. The molecule has 0 unspecified atom stereocenters. The van der Waals surface area contributed by atoms with Gasteiger partial charge in [-0.2, -0.15) is 0 Å². The molecule has 0 saturated heterocycles. The van der Waals surface area contributed by atoms with Crippen LogP contribution >= 0.6 is 12.4 Å². The quantitative estimate of drug-likeness (QED) is 0.729. The zero-order valence-corrected chi connectivity index (χ0v) is 14.6. The van der Waals surface area contributed by atoms with Crippen LogP contribution in [0.15, 0.2) is 60.7 Å². The van der Waals surface area contributed by atoms with Gasteiger partial charge in [0.2, 0.25) is 0 Å². The number of halogens is 1. The monoisotopic (exact) mass is 334 g/mol. The van der Waals surface area contributed by atoms with Gasteiger partial charge in [0, 0.05) is 18.1 Å². The second-order valence-corrected chi connectivity index (χ2v) is 6.29. The maximum Gasteiger partial charge on any atom is 0.0818 e. The number of benzene rings is 2. The van der Waals surface area contributed by atoms with Crippen LogP contribution in [-0.4, -0.2) is 23.8 Å². The summed E-state index contributed by atoms with van der Waals surface area (Å²) in [6.45, 7) is 4.69. The van der Waals surface area contributed by atoms with E-state index >= 15 is 0 Å². The molecular weight excluding hydrogens is 308 g/mol. The van der Waals surface area contributed by atoms with E-state index in [9.17, 15) is 5.11 Å². The van der Waals surface area contributed by atoms with Crippen LogP contribution in [0.1, 0.15) is 25.0 Å². The SMILES string of the molecule is CC(C)(NC[C@@H](O)[C@@H](N)Cc1ccccc1)c1ccccc1.Cl. The number of hydrogen-bond donors (Lipinski definition) is 3. The molecule has 0 aliphatic carbocycles. The minimum atomic E-state index is -0.580. The number of rotatable bonds is 7. The highest BCUT2D eigenvalue weighted by Gasteiger charge is 2.22. The molecule has 0 heterocycles. The summed E-state index contributed by atoms with van der Waals surface area (Å²) in [5.74, 6) is 0. The average Bonchev–Trinajstić information content (AvgIpc) is 2.54. The van der Waals surface area contributed by atoms with Crippen molar-refractivity contribution >= 4 is 12.4 Å². The molecule has 0 aliphatic rings. The van der Waals surface area contributed by atoms with Gasteiger partial charge in [-0.3, -0.25) is 0 Å². The van der Waals surface area contributed by atoms with Crippen molar-refractivity contribution in [3.8, 4) is 0 Å². The van der Waals surface area contributed by atoms with Crippen LogP contribution in [0, 0.1) is 0 Å². The molecule has 0 radical (unpaired) electrons. The van der Waals surface area contributed by atoms with Gasteiger partial charge in [-0.25, -0.2) is 0 Å². The molecule has 0 aromatic heterocycles. The fourth-order valence-corrected chi connectivity index (χ4v) is 2.49. The third-order valence-corrected chi connectivity index (χ3v) is 4.06. The Morgan fingerprint density at radius 1 is 1.00 bits per heavy atom. The number of nitrogens with one attached hydrogen (secondary N) is 1. The molecule has 0 aliphatic heterocycles. The summed E-state index contributed by atoms with van der Waals surface area (Å²) in [4.78, 5) is 0. The van der Waals surface area contributed by atoms with Gasteiger partial charge < -0.3 is 16.2 Å². The molecule has 2 rings (SSSR count). The summed E-state index contributed by atoms with van der Waals surface area (Å²) in [5, 5.41) is 13.7. The molecule has 0 fully saturated rings. The molecule has 0 bridgehead atoms. The Bertz CT molecular complexity index is 560. The van der Waals surface area contributed by atoms with Crippen molar-refractivity contribution in [3.05, 3.63) is 71.8 Å². The lowest BCUT2D eigenvalue weighted by Gasteiger charge is -2.30. The summed E-state index contributed by atoms with van der Waals surface area (Å²) in [6.07, 6.45) is 0.0957. The van der Waals surface area contributed by atoms with E-state index in [0.29, 0.717) is 13.0 Å². The number of aliphatic hydroxyl groups excluding tert-OH is 1. The second-order valence-electron chi connectivity index (χ2n) is 6.29. The van der Waals surface area contributed by atoms with Crippen molar-refractivity contribution in [1.29, 1.82) is 0 Å². The molecule has 2 aromatic carbocycles. The second kappa shape index (κ2) is 9.04. The standard InChI is InChI=1S/C19H26N2O.ClH/c1-19(2,16-11-7-4-8-12-16)21-14-18(22)17(20)13-15-9-5-3-6-10-15;/h3-12,17-18,21-22H,13-14,20H2,1-2H3;1H/t17-,18+;/m0./s1. The Hall–Kier alpha value is -1.39. The Balaban J connectivity index is 0.00000264. The summed E-state index contributed by atoms with van der Waals surface area (Å²) < 4.78 is 0. The minimum absolute atomic E-state index is 0. The predicted octanol–water partition coefficient (Wildman–Crippen LogP) is 2.86. The number of hydrogen-bond acceptors (Lipinski definition) is 3. The Kier molecular flexibility index (Phi) is 7.73. The van der Waals surface area contributed by atoms with Crippen LogP contribution in [0.25, 0.3) is 0 Å². The topological polar surface area (TPSA) is 58.3 Å². The first-order valence-corrected chi connectivity index (χ1v) is 7.77. The molecule has 0 saturated carbocycles. The first-order valence-electron chi connectivity index (χ1n) is 7.77. The predicted molar refractivity (Wildman–Crippen MR) is 98.8 cm³/mol. The zero-order valence-electron chi connectivity index (χ0n) is 13.8. The smallest absolute Gasteiger partial charge is 0.0818 e. The molecule has 3 nitrogen and oxygen atoms in total. The van der Waals surface area contributed by atoms with E-state index in [2.05, 4.69) is 31.3 Å². The molecule has 2 atom stereocenters. The fraction of sp³-hybridized carbons (Fsp3) is 0.368. The van der Waals surface area contributed by atoms with Crippen molar-refractivity contribution in [2.45, 2.75) is 38.0 Å². The van der Waals surface area contributed by atoms with Gasteiger partial charge in [0.25, 0.3) is 0 Å². The van der Waals surface area contributed by atoms with E-state index in [1.165, 1.54) is 5.56 Å². The summed E-state index contributed by atoms with van der Waals surface area (Å²) in [7, 11) is 0. The third-order valence-electron chi connectivity index (χ3n) is 4.06. The van der Waals surface area contributed by atoms with Gasteiger partial charge in [-0.15, -0.1) is 12.4 Å². The lowest BCUT2D eigenvalue weighted by atomic mass is 9.93. The van der Waals surface area contributed by atoms with Gasteiger partial charge >= 0.3 is 0 Å². The van der Waals surface area contributed by atoms with Gasteiger partial charge in [0.15, 0.2) is 0 Å². The van der Waals surface area contributed by atoms with E-state index in [0.717, 1.165) is 5.56 Å². The first kappa shape index (κ1) is 19.7. The van der Waals surface area contributed by atoms with Gasteiger partial charge in [0.1, 0.15) is 0 Å². The van der Waals surface area contributed by atoms with Crippen LogP contribution in [0.4, 0.5) is 0 Å². The Labute approximate surface area is 145 Å². The van der Waals surface area contributed by atoms with Crippen LogP contribution in [-0.2, 0) is 12.0 Å². The highest BCUT2D eigenvalue weighted by Crippen LogP contribution is 2.19. The van der Waals surface area contributed by atoms with Crippen LogP contribution in [0.2, 0.25) is 0 Å². The van der Waals surface area contributed by atoms with Crippen molar-refractivity contribution in [2.75, 3.05) is 6.54 Å². The molecule has 0 spiro atoms. The average molecular weight is 335 g/mol.